The molecule has 0 aromatic carbocycles. The first-order valence-corrected chi connectivity index (χ1v) is 5.38. The molecule has 0 amide bonds. The Morgan fingerprint density at radius 3 is 3.00 bits per heavy atom. The van der Waals surface area contributed by atoms with Gasteiger partial charge in [-0.3, -0.25) is 4.68 Å². The summed E-state index contributed by atoms with van der Waals surface area (Å²) in [5, 5.41) is 12.8. The number of rotatable bonds is 4. The molecule has 1 aliphatic carbocycles. The summed E-state index contributed by atoms with van der Waals surface area (Å²) in [6.45, 7) is 0.627. The Labute approximate surface area is 99.0 Å². The van der Waals surface area contributed by atoms with E-state index >= 15 is 0 Å². The summed E-state index contributed by atoms with van der Waals surface area (Å²) >= 11 is 0. The molecule has 17 heavy (non-hydrogen) atoms. The van der Waals surface area contributed by atoms with Gasteiger partial charge in [0.05, 0.1) is 18.9 Å². The highest BCUT2D eigenvalue weighted by Gasteiger charge is 2.43. The van der Waals surface area contributed by atoms with Gasteiger partial charge in [0.1, 0.15) is 0 Å². The lowest BCUT2D eigenvalue weighted by molar-refractivity contribution is 0.0594. The van der Waals surface area contributed by atoms with Crippen LogP contribution >= 0.6 is 0 Å². The van der Waals surface area contributed by atoms with Gasteiger partial charge in [0.15, 0.2) is 5.69 Å². The quantitative estimate of drug-likeness (QED) is 0.782. The third-order valence-corrected chi connectivity index (χ3v) is 3.08. The van der Waals surface area contributed by atoms with Crippen LogP contribution in [-0.4, -0.2) is 22.9 Å². The SMILES string of the molecule is COC(=O)c1nn(CC2(CC#N)CC2)cc1N. The molecular formula is C11H14N4O2. The first kappa shape index (κ1) is 11.5. The van der Waals surface area contributed by atoms with E-state index in [0.29, 0.717) is 18.7 Å². The zero-order chi connectivity index (χ0) is 12.5. The van der Waals surface area contributed by atoms with Crippen molar-refractivity contribution < 1.29 is 9.53 Å². The van der Waals surface area contributed by atoms with Crippen molar-refractivity contribution in [2.45, 2.75) is 25.8 Å². The van der Waals surface area contributed by atoms with Gasteiger partial charge in [-0.05, 0) is 12.8 Å². The second-order valence-electron chi connectivity index (χ2n) is 4.46. The summed E-state index contributed by atoms with van der Waals surface area (Å²) in [5.41, 5.74) is 6.16. The summed E-state index contributed by atoms with van der Waals surface area (Å²) < 4.78 is 6.21. The lowest BCUT2D eigenvalue weighted by Crippen LogP contribution is -2.13. The molecule has 0 spiro atoms. The fourth-order valence-electron chi connectivity index (χ4n) is 1.85. The number of hydrogen-bond acceptors (Lipinski definition) is 5. The molecule has 0 aliphatic heterocycles. The fraction of sp³-hybridized carbons (Fsp3) is 0.545. The number of nitrogen functional groups attached to an aromatic ring is 1. The Balaban J connectivity index is 2.13. The number of carbonyl (C=O) groups is 1. The third kappa shape index (κ3) is 2.23. The lowest BCUT2D eigenvalue weighted by Gasteiger charge is -2.09. The predicted octanol–water partition coefficient (Wildman–Crippen LogP) is 0.946. The van der Waals surface area contributed by atoms with Gasteiger partial charge in [-0.1, -0.05) is 0 Å². The van der Waals surface area contributed by atoms with Crippen molar-refractivity contribution in [3.63, 3.8) is 0 Å². The zero-order valence-corrected chi connectivity index (χ0v) is 9.64. The average Bonchev–Trinajstić information content (AvgIpc) is 2.94. The Hall–Kier alpha value is -2.03. The van der Waals surface area contributed by atoms with Gasteiger partial charge >= 0.3 is 5.97 Å². The second-order valence-corrected chi connectivity index (χ2v) is 4.46. The number of nitriles is 1. The van der Waals surface area contributed by atoms with Crippen molar-refractivity contribution in [1.82, 2.24) is 9.78 Å². The number of nitrogens with two attached hydrogens (primary N) is 1. The van der Waals surface area contributed by atoms with Crippen molar-refractivity contribution in [2.75, 3.05) is 12.8 Å². The molecule has 1 saturated carbocycles. The fourth-order valence-corrected chi connectivity index (χ4v) is 1.85. The Bertz CT molecular complexity index is 482. The van der Waals surface area contributed by atoms with E-state index in [9.17, 15) is 4.79 Å². The molecule has 90 valence electrons. The maximum absolute atomic E-state index is 11.3. The zero-order valence-electron chi connectivity index (χ0n) is 9.64. The first-order valence-electron chi connectivity index (χ1n) is 5.38. The highest BCUT2D eigenvalue weighted by atomic mass is 16.5. The molecule has 2 rings (SSSR count). The first-order chi connectivity index (χ1) is 8.10. The monoisotopic (exact) mass is 234 g/mol. The Morgan fingerprint density at radius 1 is 1.76 bits per heavy atom. The topological polar surface area (TPSA) is 93.9 Å². The van der Waals surface area contributed by atoms with E-state index in [1.165, 1.54) is 7.11 Å². The minimum Gasteiger partial charge on any atom is -0.464 e. The van der Waals surface area contributed by atoms with E-state index in [1.807, 2.05) is 0 Å². The van der Waals surface area contributed by atoms with E-state index in [1.54, 1.807) is 10.9 Å². The molecule has 2 N–H and O–H groups in total. The number of carbonyl (C=O) groups excluding carboxylic acids is 1. The van der Waals surface area contributed by atoms with E-state index in [0.717, 1.165) is 12.8 Å². The minimum absolute atomic E-state index is 0.0284. The van der Waals surface area contributed by atoms with E-state index < -0.39 is 5.97 Å². The number of ether oxygens (including phenoxy) is 1. The van der Waals surface area contributed by atoms with Gasteiger partial charge in [0, 0.05) is 24.6 Å². The van der Waals surface area contributed by atoms with Gasteiger partial charge in [-0.2, -0.15) is 10.4 Å². The number of anilines is 1. The molecule has 1 aromatic rings. The van der Waals surface area contributed by atoms with Crippen LogP contribution in [0.25, 0.3) is 0 Å². The molecule has 0 atom stereocenters. The van der Waals surface area contributed by atoms with Gasteiger partial charge in [0.2, 0.25) is 0 Å². The molecule has 1 aromatic heterocycles. The standard InChI is InChI=1S/C11H14N4O2/c1-17-10(16)9-8(13)6-15(14-9)7-11(2-3-11)4-5-12/h6H,2-4,7,13H2,1H3. The van der Waals surface area contributed by atoms with Crippen LogP contribution in [0.2, 0.25) is 0 Å². The number of esters is 1. The van der Waals surface area contributed by atoms with Gasteiger partial charge in [-0.15, -0.1) is 0 Å². The van der Waals surface area contributed by atoms with Crippen molar-refractivity contribution in [3.8, 4) is 6.07 Å². The number of hydrogen-bond donors (Lipinski definition) is 1. The van der Waals surface area contributed by atoms with E-state index in [4.69, 9.17) is 11.0 Å². The van der Waals surface area contributed by atoms with Crippen molar-refractivity contribution in [3.05, 3.63) is 11.9 Å². The van der Waals surface area contributed by atoms with Crippen molar-refractivity contribution >= 4 is 11.7 Å². The van der Waals surface area contributed by atoms with Crippen LogP contribution < -0.4 is 5.73 Å². The highest BCUT2D eigenvalue weighted by molar-refractivity contribution is 5.92. The largest absolute Gasteiger partial charge is 0.464 e. The summed E-state index contributed by atoms with van der Waals surface area (Å²) in [7, 11) is 1.29. The van der Waals surface area contributed by atoms with Crippen LogP contribution in [0, 0.1) is 16.7 Å². The number of nitrogens with zero attached hydrogens (tertiary/aromatic N) is 3. The van der Waals surface area contributed by atoms with Gasteiger partial charge in [0.25, 0.3) is 0 Å². The number of aromatic nitrogens is 2. The highest BCUT2D eigenvalue weighted by Crippen LogP contribution is 2.49. The van der Waals surface area contributed by atoms with Crippen LogP contribution in [0.1, 0.15) is 29.8 Å². The van der Waals surface area contributed by atoms with E-state index in [-0.39, 0.29) is 11.1 Å². The van der Waals surface area contributed by atoms with Crippen LogP contribution in [0.4, 0.5) is 5.69 Å². The Kier molecular flexibility index (Phi) is 2.76. The van der Waals surface area contributed by atoms with Crippen LogP contribution in [0.5, 0.6) is 0 Å². The van der Waals surface area contributed by atoms with Crippen molar-refractivity contribution in [2.24, 2.45) is 5.41 Å². The van der Waals surface area contributed by atoms with E-state index in [2.05, 4.69) is 15.9 Å². The second kappa shape index (κ2) is 4.09. The predicted molar refractivity (Wildman–Crippen MR) is 59.9 cm³/mol. The van der Waals surface area contributed by atoms with Crippen molar-refractivity contribution in [1.29, 1.82) is 5.26 Å². The summed E-state index contributed by atoms with van der Waals surface area (Å²) in [6, 6.07) is 2.18. The lowest BCUT2D eigenvalue weighted by atomic mass is 10.0. The molecule has 1 heterocycles. The molecule has 6 heteroatoms. The third-order valence-electron chi connectivity index (χ3n) is 3.08. The van der Waals surface area contributed by atoms with Crippen LogP contribution in [-0.2, 0) is 11.3 Å². The Morgan fingerprint density at radius 2 is 2.47 bits per heavy atom. The van der Waals surface area contributed by atoms with Crippen LogP contribution in [0.15, 0.2) is 6.20 Å². The molecule has 0 bridgehead atoms. The van der Waals surface area contributed by atoms with Crippen LogP contribution in [0.3, 0.4) is 0 Å². The molecule has 1 aliphatic rings. The average molecular weight is 234 g/mol. The molecule has 6 nitrogen and oxygen atoms in total. The number of methoxy groups -OCH3 is 1. The molecule has 1 fully saturated rings. The van der Waals surface area contributed by atoms with Gasteiger partial charge < -0.3 is 10.5 Å². The molecule has 0 saturated heterocycles. The molecule has 0 unspecified atom stereocenters. The summed E-state index contributed by atoms with van der Waals surface area (Å²) in [6.07, 6.45) is 4.17. The molecule has 0 radical (unpaired) electrons. The minimum atomic E-state index is -0.536. The maximum Gasteiger partial charge on any atom is 0.360 e. The smallest absolute Gasteiger partial charge is 0.360 e. The summed E-state index contributed by atoms with van der Waals surface area (Å²) in [4.78, 5) is 11.3. The normalized spacial score (nSPS) is 16.2. The van der Waals surface area contributed by atoms with Gasteiger partial charge in [-0.25, -0.2) is 4.79 Å². The molecular weight excluding hydrogens is 220 g/mol. The maximum atomic E-state index is 11.3. The summed E-state index contributed by atoms with van der Waals surface area (Å²) in [5.74, 6) is -0.536.